The standard InChI is InChI=1S/C22H25ClN6O3S/c1-11(2)26-19-16-20(28-15(27-19)8-6-12-5-7-14(23)33-12)29(10-25-16)13-9-22(3,21(32)24-4)18(31)17(13)30/h5,7,10-11,13,17-18,30-31H,9H2,1-4H3,(H,24,32)(H,26,27,28)/t13-,17+,18+,22?/m1/s1. The summed E-state index contributed by atoms with van der Waals surface area (Å²) < 4.78 is 2.33. The summed E-state index contributed by atoms with van der Waals surface area (Å²) in [7, 11) is 1.51. The molecule has 0 aliphatic heterocycles. The van der Waals surface area contributed by atoms with E-state index in [2.05, 4.69) is 37.4 Å². The lowest BCUT2D eigenvalue weighted by Crippen LogP contribution is -2.45. The van der Waals surface area contributed by atoms with Crippen molar-refractivity contribution >= 4 is 45.8 Å². The zero-order valence-corrected chi connectivity index (χ0v) is 20.2. The zero-order chi connectivity index (χ0) is 23.9. The van der Waals surface area contributed by atoms with E-state index in [-0.39, 0.29) is 24.2 Å². The number of nitrogens with one attached hydrogen (secondary N) is 2. The number of hydrogen-bond acceptors (Lipinski definition) is 8. The van der Waals surface area contributed by atoms with Gasteiger partial charge in [0.05, 0.1) is 33.1 Å². The van der Waals surface area contributed by atoms with E-state index in [1.807, 2.05) is 19.9 Å². The number of aromatic nitrogens is 4. The number of fused-ring (bicyclic) bond motifs is 1. The van der Waals surface area contributed by atoms with Gasteiger partial charge >= 0.3 is 0 Å². The number of imidazole rings is 1. The number of aliphatic hydroxyl groups excluding tert-OH is 2. The topological polar surface area (TPSA) is 125 Å². The van der Waals surface area contributed by atoms with Crippen LogP contribution in [0.25, 0.3) is 11.2 Å². The number of anilines is 1. The lowest BCUT2D eigenvalue weighted by atomic mass is 9.85. The molecule has 4 N–H and O–H groups in total. The average molecular weight is 489 g/mol. The van der Waals surface area contributed by atoms with Crippen LogP contribution in [0.3, 0.4) is 0 Å². The predicted octanol–water partition coefficient (Wildman–Crippen LogP) is 2.18. The number of carbonyl (C=O) groups is 1. The fraction of sp³-hybridized carbons (Fsp3) is 0.455. The number of rotatable bonds is 4. The van der Waals surface area contributed by atoms with Gasteiger partial charge in [0, 0.05) is 13.1 Å². The molecule has 0 radical (unpaired) electrons. The predicted molar refractivity (Wildman–Crippen MR) is 127 cm³/mol. The lowest BCUT2D eigenvalue weighted by Gasteiger charge is -2.26. The van der Waals surface area contributed by atoms with E-state index < -0.39 is 23.7 Å². The Bertz CT molecular complexity index is 1260. The number of carbonyl (C=O) groups excluding carboxylic acids is 1. The quantitative estimate of drug-likeness (QED) is 0.415. The van der Waals surface area contributed by atoms with Crippen LogP contribution in [0.2, 0.25) is 4.34 Å². The van der Waals surface area contributed by atoms with Gasteiger partial charge in [-0.2, -0.15) is 0 Å². The molecule has 3 aromatic heterocycles. The maximum Gasteiger partial charge on any atom is 0.228 e. The van der Waals surface area contributed by atoms with Crippen LogP contribution >= 0.6 is 22.9 Å². The Balaban J connectivity index is 1.80. The lowest BCUT2D eigenvalue weighted by molar-refractivity contribution is -0.136. The van der Waals surface area contributed by atoms with Crippen molar-refractivity contribution in [3.8, 4) is 11.8 Å². The van der Waals surface area contributed by atoms with Crippen molar-refractivity contribution in [1.82, 2.24) is 24.8 Å². The molecule has 9 nitrogen and oxygen atoms in total. The first kappa shape index (κ1) is 23.4. The number of amides is 1. The largest absolute Gasteiger partial charge is 0.389 e. The minimum absolute atomic E-state index is 0.0839. The molecule has 1 saturated carbocycles. The highest BCUT2D eigenvalue weighted by Crippen LogP contribution is 2.45. The van der Waals surface area contributed by atoms with Crippen LogP contribution in [0.4, 0.5) is 5.82 Å². The molecule has 3 heterocycles. The molecule has 174 valence electrons. The molecule has 0 aromatic carbocycles. The fourth-order valence-corrected chi connectivity index (χ4v) is 5.02. The summed E-state index contributed by atoms with van der Waals surface area (Å²) in [4.78, 5) is 26.8. The molecule has 1 fully saturated rings. The molecule has 0 spiro atoms. The fourth-order valence-electron chi connectivity index (χ4n) is 4.13. The first-order valence-corrected chi connectivity index (χ1v) is 11.7. The SMILES string of the molecule is CNC(=O)C1(C)C[C@@H](n2cnc3c(NC(C)C)nc(C#Cc4ccc(Cl)s4)nc32)[C@H](O)[C@@H]1O. The molecule has 4 atom stereocenters. The highest BCUT2D eigenvalue weighted by Gasteiger charge is 2.54. The van der Waals surface area contributed by atoms with Crippen molar-refractivity contribution in [2.45, 2.75) is 51.5 Å². The molecule has 4 rings (SSSR count). The van der Waals surface area contributed by atoms with Gasteiger partial charge in [-0.1, -0.05) is 11.6 Å². The Labute approximate surface area is 200 Å². The van der Waals surface area contributed by atoms with Crippen LogP contribution in [-0.4, -0.2) is 60.9 Å². The maximum absolute atomic E-state index is 12.5. The third kappa shape index (κ3) is 4.29. The molecule has 33 heavy (non-hydrogen) atoms. The monoisotopic (exact) mass is 488 g/mol. The van der Waals surface area contributed by atoms with Crippen molar-refractivity contribution < 1.29 is 15.0 Å². The van der Waals surface area contributed by atoms with Crippen LogP contribution in [-0.2, 0) is 4.79 Å². The van der Waals surface area contributed by atoms with Gasteiger partial charge in [-0.15, -0.1) is 11.3 Å². The highest BCUT2D eigenvalue weighted by atomic mass is 35.5. The first-order valence-electron chi connectivity index (χ1n) is 10.5. The van der Waals surface area contributed by atoms with E-state index in [1.165, 1.54) is 18.4 Å². The van der Waals surface area contributed by atoms with E-state index in [1.54, 1.807) is 23.9 Å². The number of aliphatic hydroxyl groups is 2. The summed E-state index contributed by atoms with van der Waals surface area (Å²) in [5.74, 6) is 6.45. The van der Waals surface area contributed by atoms with E-state index in [0.717, 1.165) is 4.88 Å². The Hall–Kier alpha value is -2.71. The van der Waals surface area contributed by atoms with Gasteiger partial charge in [-0.05, 0) is 51.2 Å². The molecule has 11 heteroatoms. The third-order valence-electron chi connectivity index (χ3n) is 5.82. The minimum atomic E-state index is -1.24. The molecule has 1 amide bonds. The Morgan fingerprint density at radius 3 is 2.73 bits per heavy atom. The molecule has 0 bridgehead atoms. The van der Waals surface area contributed by atoms with Crippen LogP contribution in [0, 0.1) is 17.3 Å². The van der Waals surface area contributed by atoms with Crippen molar-refractivity contribution in [3.05, 3.63) is 33.5 Å². The molecule has 1 aliphatic rings. The van der Waals surface area contributed by atoms with E-state index in [9.17, 15) is 15.0 Å². The zero-order valence-electron chi connectivity index (χ0n) is 18.6. The van der Waals surface area contributed by atoms with Crippen LogP contribution in [0.1, 0.15) is 43.9 Å². The minimum Gasteiger partial charge on any atom is -0.389 e. The van der Waals surface area contributed by atoms with Crippen molar-refractivity contribution in [2.24, 2.45) is 5.41 Å². The van der Waals surface area contributed by atoms with Crippen LogP contribution in [0.5, 0.6) is 0 Å². The average Bonchev–Trinajstić information content (AvgIpc) is 3.45. The summed E-state index contributed by atoms with van der Waals surface area (Å²) in [6.45, 7) is 5.61. The van der Waals surface area contributed by atoms with Crippen molar-refractivity contribution in [3.63, 3.8) is 0 Å². The summed E-state index contributed by atoms with van der Waals surface area (Å²) in [5, 5.41) is 27.4. The summed E-state index contributed by atoms with van der Waals surface area (Å²) in [6.07, 6.45) is -0.648. The second-order valence-electron chi connectivity index (χ2n) is 8.58. The second kappa shape index (κ2) is 8.91. The second-order valence-corrected chi connectivity index (χ2v) is 10.3. The Kier molecular flexibility index (Phi) is 6.33. The molecule has 1 unspecified atom stereocenters. The number of hydrogen-bond donors (Lipinski definition) is 4. The van der Waals surface area contributed by atoms with E-state index in [4.69, 9.17) is 11.6 Å². The van der Waals surface area contributed by atoms with Gasteiger partial charge in [0.1, 0.15) is 6.10 Å². The summed E-state index contributed by atoms with van der Waals surface area (Å²) in [5.41, 5.74) is -0.176. The number of nitrogens with zero attached hydrogens (tertiary/aromatic N) is 4. The third-order valence-corrected chi connectivity index (χ3v) is 6.97. The van der Waals surface area contributed by atoms with Crippen LogP contribution < -0.4 is 10.6 Å². The van der Waals surface area contributed by atoms with Crippen molar-refractivity contribution in [1.29, 1.82) is 0 Å². The molecule has 1 aliphatic carbocycles. The summed E-state index contributed by atoms with van der Waals surface area (Å²) >= 11 is 7.35. The Morgan fingerprint density at radius 2 is 2.09 bits per heavy atom. The molecular weight excluding hydrogens is 464 g/mol. The Morgan fingerprint density at radius 1 is 1.33 bits per heavy atom. The summed E-state index contributed by atoms with van der Waals surface area (Å²) in [6, 6.07) is 3.08. The van der Waals surface area contributed by atoms with Gasteiger partial charge in [0.2, 0.25) is 11.7 Å². The van der Waals surface area contributed by atoms with Gasteiger partial charge in [-0.25, -0.2) is 15.0 Å². The number of thiophene rings is 1. The number of halogens is 1. The molecule has 0 saturated heterocycles. The van der Waals surface area contributed by atoms with Gasteiger partial charge < -0.3 is 25.4 Å². The van der Waals surface area contributed by atoms with Gasteiger partial charge in [0.25, 0.3) is 0 Å². The van der Waals surface area contributed by atoms with Crippen molar-refractivity contribution in [2.75, 3.05) is 12.4 Å². The smallest absolute Gasteiger partial charge is 0.228 e. The first-order chi connectivity index (χ1) is 15.6. The van der Waals surface area contributed by atoms with E-state index in [0.29, 0.717) is 21.3 Å². The van der Waals surface area contributed by atoms with Gasteiger partial charge in [0.15, 0.2) is 17.0 Å². The molecular formula is C22H25ClN6O3S. The maximum atomic E-state index is 12.5. The molecule has 3 aromatic rings. The normalized spacial score (nSPS) is 24.7. The van der Waals surface area contributed by atoms with Crippen LogP contribution in [0.15, 0.2) is 18.5 Å². The van der Waals surface area contributed by atoms with Gasteiger partial charge in [-0.3, -0.25) is 4.79 Å². The highest BCUT2D eigenvalue weighted by molar-refractivity contribution is 7.16. The van der Waals surface area contributed by atoms with E-state index >= 15 is 0 Å².